The molecule has 1 unspecified atom stereocenters. The Balaban J connectivity index is 2.45. The minimum absolute atomic E-state index is 0.000608. The van der Waals surface area contributed by atoms with Gasteiger partial charge in [-0.3, -0.25) is 14.9 Å². The van der Waals surface area contributed by atoms with Gasteiger partial charge in [0, 0.05) is 22.2 Å². The number of carboxylic acids is 1. The molecule has 0 aromatic heterocycles. The predicted molar refractivity (Wildman–Crippen MR) is 94.9 cm³/mol. The van der Waals surface area contributed by atoms with Crippen LogP contribution in [0, 0.1) is 10.1 Å². The Hall–Kier alpha value is -2.20. The second-order valence-corrected chi connectivity index (χ2v) is 7.75. The molecule has 138 valence electrons. The number of carbonyl (C=O) groups is 1. The first-order chi connectivity index (χ1) is 12.1. The van der Waals surface area contributed by atoms with E-state index in [1.807, 2.05) is 0 Å². The van der Waals surface area contributed by atoms with Crippen LogP contribution in [0.15, 0.2) is 47.4 Å². The molecule has 0 spiro atoms. The van der Waals surface area contributed by atoms with Crippen molar-refractivity contribution in [2.45, 2.75) is 17.4 Å². The maximum Gasteiger partial charge on any atom is 0.305 e. The molecule has 0 bridgehead atoms. The molecule has 2 aromatic carbocycles. The van der Waals surface area contributed by atoms with Gasteiger partial charge in [0.2, 0.25) is 10.0 Å². The second kappa shape index (κ2) is 8.00. The molecule has 0 heterocycles. The van der Waals surface area contributed by atoms with Gasteiger partial charge in [-0.05, 0) is 35.9 Å². The Morgan fingerprint density at radius 2 is 1.81 bits per heavy atom. The van der Waals surface area contributed by atoms with Crippen LogP contribution in [0.3, 0.4) is 0 Å². The summed E-state index contributed by atoms with van der Waals surface area (Å²) in [4.78, 5) is 21.3. The molecule has 0 aliphatic heterocycles. The number of halogens is 2. The molecule has 0 radical (unpaired) electrons. The second-order valence-electron chi connectivity index (χ2n) is 5.19. The van der Waals surface area contributed by atoms with Gasteiger partial charge in [-0.25, -0.2) is 13.1 Å². The van der Waals surface area contributed by atoms with E-state index in [1.54, 1.807) is 0 Å². The van der Waals surface area contributed by atoms with Crippen LogP contribution in [-0.2, 0) is 14.8 Å². The van der Waals surface area contributed by atoms with Gasteiger partial charge in [0.1, 0.15) is 0 Å². The van der Waals surface area contributed by atoms with Crippen molar-refractivity contribution < 1.29 is 23.2 Å². The Kier molecular flexibility index (Phi) is 6.19. The lowest BCUT2D eigenvalue weighted by molar-refractivity contribution is -0.384. The number of nitrogens with one attached hydrogen (secondary N) is 1. The van der Waals surface area contributed by atoms with Gasteiger partial charge in [0.15, 0.2) is 0 Å². The molecule has 0 saturated heterocycles. The summed E-state index contributed by atoms with van der Waals surface area (Å²) in [7, 11) is -4.12. The Labute approximate surface area is 158 Å². The summed E-state index contributed by atoms with van der Waals surface area (Å²) in [6.45, 7) is 0. The summed E-state index contributed by atoms with van der Waals surface area (Å²) in [5, 5.41) is 20.4. The number of non-ortho nitro benzene ring substituents is 1. The van der Waals surface area contributed by atoms with Crippen LogP contribution in [0.2, 0.25) is 10.0 Å². The van der Waals surface area contributed by atoms with Gasteiger partial charge < -0.3 is 5.11 Å². The van der Waals surface area contributed by atoms with E-state index in [0.29, 0.717) is 5.02 Å². The number of hydrogen-bond acceptors (Lipinski definition) is 5. The predicted octanol–water partition coefficient (Wildman–Crippen LogP) is 3.40. The van der Waals surface area contributed by atoms with Crippen molar-refractivity contribution in [1.82, 2.24) is 4.72 Å². The molecule has 0 aliphatic rings. The summed E-state index contributed by atoms with van der Waals surface area (Å²) in [5.41, 5.74) is -0.355. The van der Waals surface area contributed by atoms with Gasteiger partial charge >= 0.3 is 5.97 Å². The van der Waals surface area contributed by atoms with Crippen LogP contribution in [0.5, 0.6) is 0 Å². The summed E-state index contributed by atoms with van der Waals surface area (Å²) in [6.07, 6.45) is -0.659. The number of rotatable bonds is 7. The van der Waals surface area contributed by atoms with Crippen LogP contribution >= 0.6 is 23.2 Å². The minimum Gasteiger partial charge on any atom is -0.481 e. The first-order valence-corrected chi connectivity index (χ1v) is 9.27. The van der Waals surface area contributed by atoms with E-state index in [9.17, 15) is 23.3 Å². The first kappa shape index (κ1) is 20.1. The van der Waals surface area contributed by atoms with Crippen molar-refractivity contribution >= 4 is 44.9 Å². The van der Waals surface area contributed by atoms with Crippen molar-refractivity contribution in [3.05, 3.63) is 68.2 Å². The van der Waals surface area contributed by atoms with Crippen LogP contribution < -0.4 is 4.72 Å². The third-order valence-corrected chi connectivity index (χ3v) is 5.45. The number of nitrogens with zero attached hydrogens (tertiary/aromatic N) is 1. The summed E-state index contributed by atoms with van der Waals surface area (Å²) in [6, 6.07) is 7.30. The summed E-state index contributed by atoms with van der Waals surface area (Å²) >= 11 is 11.7. The number of carboxylic acid groups (broad SMARTS) is 1. The van der Waals surface area contributed by atoms with Crippen molar-refractivity contribution in [3.8, 4) is 0 Å². The molecule has 2 aromatic rings. The highest BCUT2D eigenvalue weighted by Crippen LogP contribution is 2.30. The Bertz CT molecular complexity index is 947. The average Bonchev–Trinajstić information content (AvgIpc) is 2.54. The highest BCUT2D eigenvalue weighted by atomic mass is 35.5. The molecular formula is C15H12Cl2N2O6S. The monoisotopic (exact) mass is 418 g/mol. The maximum atomic E-state index is 12.5. The zero-order valence-electron chi connectivity index (χ0n) is 12.9. The van der Waals surface area contributed by atoms with E-state index in [0.717, 1.165) is 12.1 Å². The number of aliphatic carboxylic acids is 1. The lowest BCUT2D eigenvalue weighted by atomic mass is 10.0. The van der Waals surface area contributed by atoms with Crippen molar-refractivity contribution in [1.29, 1.82) is 0 Å². The molecular weight excluding hydrogens is 407 g/mol. The van der Waals surface area contributed by atoms with Gasteiger partial charge in [-0.1, -0.05) is 23.2 Å². The van der Waals surface area contributed by atoms with E-state index in [-0.39, 0.29) is 21.2 Å². The molecule has 0 amide bonds. The quantitative estimate of drug-likeness (QED) is 0.523. The molecule has 2 N–H and O–H groups in total. The maximum absolute atomic E-state index is 12.5. The molecule has 2 rings (SSSR count). The molecule has 0 fully saturated rings. The highest BCUT2D eigenvalue weighted by Gasteiger charge is 2.26. The van der Waals surface area contributed by atoms with Gasteiger partial charge in [-0.2, -0.15) is 0 Å². The molecule has 11 heteroatoms. The zero-order valence-corrected chi connectivity index (χ0v) is 15.3. The highest BCUT2D eigenvalue weighted by molar-refractivity contribution is 7.89. The number of sulfonamides is 1. The number of hydrogen-bond donors (Lipinski definition) is 2. The van der Waals surface area contributed by atoms with Crippen LogP contribution in [0.25, 0.3) is 0 Å². The number of nitro benzene ring substituents is 1. The van der Waals surface area contributed by atoms with Crippen molar-refractivity contribution in [2.24, 2.45) is 0 Å². The smallest absolute Gasteiger partial charge is 0.305 e. The third kappa shape index (κ3) is 4.92. The van der Waals surface area contributed by atoms with Gasteiger partial charge in [0.05, 0.1) is 22.3 Å². The standard InChI is InChI=1S/C15H12Cl2N2O6S/c16-9-1-4-11(5-2-9)26(24,25)18-14(8-15(20)21)12-7-10(19(22)23)3-6-13(12)17/h1-7,14,18H,8H2,(H,20,21). The molecule has 8 nitrogen and oxygen atoms in total. The Morgan fingerprint density at radius 1 is 1.19 bits per heavy atom. The minimum atomic E-state index is -4.12. The topological polar surface area (TPSA) is 127 Å². The molecule has 0 saturated carbocycles. The van der Waals surface area contributed by atoms with E-state index in [2.05, 4.69) is 4.72 Å². The molecule has 1 atom stereocenters. The molecule has 26 heavy (non-hydrogen) atoms. The van der Waals surface area contributed by atoms with E-state index >= 15 is 0 Å². The largest absolute Gasteiger partial charge is 0.481 e. The van der Waals surface area contributed by atoms with Crippen molar-refractivity contribution in [2.75, 3.05) is 0 Å². The van der Waals surface area contributed by atoms with Crippen LogP contribution in [0.1, 0.15) is 18.0 Å². The number of benzene rings is 2. The lowest BCUT2D eigenvalue weighted by Gasteiger charge is -2.18. The summed E-state index contributed by atoms with van der Waals surface area (Å²) in [5.74, 6) is -1.31. The van der Waals surface area contributed by atoms with E-state index in [4.69, 9.17) is 28.3 Å². The fourth-order valence-electron chi connectivity index (χ4n) is 2.17. The molecule has 0 aliphatic carbocycles. The van der Waals surface area contributed by atoms with Crippen molar-refractivity contribution in [3.63, 3.8) is 0 Å². The average molecular weight is 419 g/mol. The Morgan fingerprint density at radius 3 is 2.35 bits per heavy atom. The fraction of sp³-hybridized carbons (Fsp3) is 0.133. The lowest BCUT2D eigenvalue weighted by Crippen LogP contribution is -2.30. The van der Waals surface area contributed by atoms with Gasteiger partial charge in [-0.15, -0.1) is 0 Å². The first-order valence-electron chi connectivity index (χ1n) is 7.03. The summed E-state index contributed by atoms with van der Waals surface area (Å²) < 4.78 is 27.3. The van der Waals surface area contributed by atoms with E-state index < -0.39 is 33.4 Å². The normalized spacial score (nSPS) is 12.5. The van der Waals surface area contributed by atoms with Crippen LogP contribution in [0.4, 0.5) is 5.69 Å². The van der Waals surface area contributed by atoms with E-state index in [1.165, 1.54) is 30.3 Å². The third-order valence-electron chi connectivity index (χ3n) is 3.37. The SMILES string of the molecule is O=C(O)CC(NS(=O)(=O)c1ccc(Cl)cc1)c1cc([N+](=O)[O-])ccc1Cl. The van der Waals surface area contributed by atoms with Gasteiger partial charge in [0.25, 0.3) is 5.69 Å². The number of nitro groups is 1. The van der Waals surface area contributed by atoms with Crippen LogP contribution in [-0.4, -0.2) is 24.4 Å². The fourth-order valence-corrected chi connectivity index (χ4v) is 3.76. The zero-order chi connectivity index (χ0) is 19.5.